The summed E-state index contributed by atoms with van der Waals surface area (Å²) in [5.74, 6) is 0. The van der Waals surface area contributed by atoms with Crippen LogP contribution >= 0.6 is 0 Å². The van der Waals surface area contributed by atoms with Crippen molar-refractivity contribution in [2.75, 3.05) is 0 Å². The van der Waals surface area contributed by atoms with Gasteiger partial charge in [0.1, 0.15) is 0 Å². The molecule has 0 saturated heterocycles. The van der Waals surface area contributed by atoms with Gasteiger partial charge in [0.2, 0.25) is 0 Å². The number of benzene rings is 2. The first-order valence-electron chi connectivity index (χ1n) is 6.83. The summed E-state index contributed by atoms with van der Waals surface area (Å²) < 4.78 is 0. The highest BCUT2D eigenvalue weighted by atomic mass is 14.7. The van der Waals surface area contributed by atoms with Gasteiger partial charge in [-0.25, -0.2) is 0 Å². The zero-order valence-electron chi connectivity index (χ0n) is 11.8. The number of pyridine rings is 1. The minimum Gasteiger partial charge on any atom is -0.320 e. The average molecular weight is 262 g/mol. The second kappa shape index (κ2) is 5.06. The number of rotatable bonds is 2. The summed E-state index contributed by atoms with van der Waals surface area (Å²) in [5, 5.41) is 2.31. The summed E-state index contributed by atoms with van der Waals surface area (Å²) in [6, 6.07) is 14.5. The Bertz CT molecular complexity index is 757. The summed E-state index contributed by atoms with van der Waals surface area (Å²) in [5.41, 5.74) is 11.4. The van der Waals surface area contributed by atoms with Crippen LogP contribution in [0, 0.1) is 13.8 Å². The second-order valence-electron chi connectivity index (χ2n) is 5.21. The Labute approximate surface area is 119 Å². The van der Waals surface area contributed by atoms with Crippen LogP contribution < -0.4 is 5.73 Å². The van der Waals surface area contributed by atoms with Gasteiger partial charge in [0, 0.05) is 17.8 Å². The second-order valence-corrected chi connectivity index (χ2v) is 5.21. The third kappa shape index (κ3) is 2.08. The van der Waals surface area contributed by atoms with E-state index in [9.17, 15) is 0 Å². The first kappa shape index (κ1) is 12.8. The van der Waals surface area contributed by atoms with E-state index in [1.54, 1.807) is 0 Å². The quantitative estimate of drug-likeness (QED) is 0.760. The minimum absolute atomic E-state index is 0.122. The molecule has 0 spiro atoms. The number of aromatic nitrogens is 1. The summed E-state index contributed by atoms with van der Waals surface area (Å²) in [6.07, 6.45) is 3.71. The van der Waals surface area contributed by atoms with Gasteiger partial charge in [-0.15, -0.1) is 0 Å². The monoisotopic (exact) mass is 262 g/mol. The minimum atomic E-state index is -0.122. The fourth-order valence-electron chi connectivity index (χ4n) is 2.69. The standard InChI is InChI=1S/C18H18N2/c1-12-5-3-7-15(13(12)2)18(19)16-8-4-6-14-9-10-20-11-17(14)16/h3-11,18H,19H2,1-2H3. The Hall–Kier alpha value is -2.19. The van der Waals surface area contributed by atoms with E-state index in [0.29, 0.717) is 0 Å². The van der Waals surface area contributed by atoms with Gasteiger partial charge in [-0.3, -0.25) is 4.98 Å². The van der Waals surface area contributed by atoms with E-state index in [1.807, 2.05) is 18.5 Å². The lowest BCUT2D eigenvalue weighted by Gasteiger charge is -2.18. The molecule has 0 bridgehead atoms. The molecule has 20 heavy (non-hydrogen) atoms. The molecule has 1 unspecified atom stereocenters. The molecule has 1 aromatic heterocycles. The summed E-state index contributed by atoms with van der Waals surface area (Å²) in [4.78, 5) is 4.23. The maximum absolute atomic E-state index is 6.52. The van der Waals surface area contributed by atoms with Gasteiger partial charge in [0.15, 0.2) is 0 Å². The van der Waals surface area contributed by atoms with Crippen LogP contribution in [0.1, 0.15) is 28.3 Å². The molecule has 2 nitrogen and oxygen atoms in total. The molecular formula is C18H18N2. The number of aryl methyl sites for hydroxylation is 1. The largest absolute Gasteiger partial charge is 0.320 e. The number of hydrogen-bond donors (Lipinski definition) is 1. The van der Waals surface area contributed by atoms with Crippen molar-refractivity contribution in [2.45, 2.75) is 19.9 Å². The Kier molecular flexibility index (Phi) is 3.25. The maximum atomic E-state index is 6.52. The molecule has 0 saturated carbocycles. The van der Waals surface area contributed by atoms with Gasteiger partial charge in [-0.2, -0.15) is 0 Å². The Morgan fingerprint density at radius 3 is 2.55 bits per heavy atom. The van der Waals surface area contributed by atoms with Crippen LogP contribution in [0.5, 0.6) is 0 Å². The van der Waals surface area contributed by atoms with Crippen molar-refractivity contribution in [3.05, 3.63) is 77.1 Å². The maximum Gasteiger partial charge on any atom is 0.0561 e. The van der Waals surface area contributed by atoms with Crippen LogP contribution in [0.4, 0.5) is 0 Å². The van der Waals surface area contributed by atoms with Crippen molar-refractivity contribution < 1.29 is 0 Å². The van der Waals surface area contributed by atoms with Crippen molar-refractivity contribution in [1.82, 2.24) is 4.98 Å². The fraction of sp³-hybridized carbons (Fsp3) is 0.167. The first-order valence-corrected chi connectivity index (χ1v) is 6.83. The van der Waals surface area contributed by atoms with Gasteiger partial charge in [0.25, 0.3) is 0 Å². The van der Waals surface area contributed by atoms with E-state index in [2.05, 4.69) is 55.2 Å². The lowest BCUT2D eigenvalue weighted by molar-refractivity contribution is 0.867. The normalized spacial score (nSPS) is 12.6. The van der Waals surface area contributed by atoms with Crippen molar-refractivity contribution in [2.24, 2.45) is 5.73 Å². The average Bonchev–Trinajstić information content (AvgIpc) is 2.49. The third-order valence-corrected chi connectivity index (χ3v) is 4.03. The molecule has 0 fully saturated rings. The van der Waals surface area contributed by atoms with Crippen LogP contribution in [-0.2, 0) is 0 Å². The molecule has 3 rings (SSSR count). The van der Waals surface area contributed by atoms with Crippen LogP contribution in [0.25, 0.3) is 10.8 Å². The summed E-state index contributed by atoms with van der Waals surface area (Å²) in [6.45, 7) is 4.25. The molecular weight excluding hydrogens is 244 g/mol. The summed E-state index contributed by atoms with van der Waals surface area (Å²) >= 11 is 0. The first-order chi connectivity index (χ1) is 9.68. The molecule has 1 atom stereocenters. The summed E-state index contributed by atoms with van der Waals surface area (Å²) in [7, 11) is 0. The Balaban J connectivity index is 2.18. The number of nitrogens with zero attached hydrogens (tertiary/aromatic N) is 1. The SMILES string of the molecule is Cc1cccc(C(N)c2cccc3ccncc23)c1C. The molecule has 0 aliphatic rings. The van der Waals surface area contributed by atoms with Gasteiger partial charge < -0.3 is 5.73 Å². The molecule has 2 heteroatoms. The topological polar surface area (TPSA) is 38.9 Å². The van der Waals surface area contributed by atoms with E-state index in [0.717, 1.165) is 10.9 Å². The van der Waals surface area contributed by atoms with Crippen LogP contribution in [0.3, 0.4) is 0 Å². The zero-order chi connectivity index (χ0) is 14.1. The van der Waals surface area contributed by atoms with Gasteiger partial charge in [-0.05, 0) is 47.6 Å². The van der Waals surface area contributed by atoms with Crippen LogP contribution in [0.2, 0.25) is 0 Å². The predicted molar refractivity (Wildman–Crippen MR) is 83.7 cm³/mol. The molecule has 2 N–H and O–H groups in total. The van der Waals surface area contributed by atoms with Crippen molar-refractivity contribution >= 4 is 10.8 Å². The highest BCUT2D eigenvalue weighted by molar-refractivity contribution is 5.85. The van der Waals surface area contributed by atoms with E-state index in [4.69, 9.17) is 5.73 Å². The van der Waals surface area contributed by atoms with Crippen molar-refractivity contribution in [1.29, 1.82) is 0 Å². The Morgan fingerprint density at radius 1 is 0.950 bits per heavy atom. The van der Waals surface area contributed by atoms with Crippen LogP contribution in [0.15, 0.2) is 54.9 Å². The highest BCUT2D eigenvalue weighted by Gasteiger charge is 2.14. The molecule has 1 heterocycles. The number of fused-ring (bicyclic) bond motifs is 1. The molecule has 2 aromatic carbocycles. The number of hydrogen-bond acceptors (Lipinski definition) is 2. The lowest BCUT2D eigenvalue weighted by atomic mass is 9.91. The van der Waals surface area contributed by atoms with E-state index in [-0.39, 0.29) is 6.04 Å². The van der Waals surface area contributed by atoms with E-state index in [1.165, 1.54) is 22.1 Å². The Morgan fingerprint density at radius 2 is 1.70 bits per heavy atom. The number of nitrogens with two attached hydrogens (primary N) is 1. The van der Waals surface area contributed by atoms with Crippen molar-refractivity contribution in [3.63, 3.8) is 0 Å². The van der Waals surface area contributed by atoms with Gasteiger partial charge >= 0.3 is 0 Å². The predicted octanol–water partition coefficient (Wildman–Crippen LogP) is 3.90. The lowest BCUT2D eigenvalue weighted by Crippen LogP contribution is -2.14. The fourth-order valence-corrected chi connectivity index (χ4v) is 2.69. The molecule has 0 amide bonds. The third-order valence-electron chi connectivity index (χ3n) is 4.03. The zero-order valence-corrected chi connectivity index (χ0v) is 11.8. The van der Waals surface area contributed by atoms with Gasteiger partial charge in [-0.1, -0.05) is 36.4 Å². The van der Waals surface area contributed by atoms with Crippen LogP contribution in [-0.4, -0.2) is 4.98 Å². The van der Waals surface area contributed by atoms with Gasteiger partial charge in [0.05, 0.1) is 6.04 Å². The molecule has 0 aliphatic carbocycles. The smallest absolute Gasteiger partial charge is 0.0561 e. The molecule has 0 aliphatic heterocycles. The highest BCUT2D eigenvalue weighted by Crippen LogP contribution is 2.29. The molecule has 100 valence electrons. The molecule has 0 radical (unpaired) electrons. The van der Waals surface area contributed by atoms with Crippen molar-refractivity contribution in [3.8, 4) is 0 Å². The van der Waals surface area contributed by atoms with E-state index < -0.39 is 0 Å². The van der Waals surface area contributed by atoms with E-state index >= 15 is 0 Å². The molecule has 3 aromatic rings.